The van der Waals surface area contributed by atoms with E-state index in [0.29, 0.717) is 6.61 Å². The van der Waals surface area contributed by atoms with Crippen LogP contribution in [0.1, 0.15) is 0 Å². The average molecular weight is 321 g/mol. The van der Waals surface area contributed by atoms with Gasteiger partial charge in [-0.05, 0) is 24.2 Å². The molecule has 0 aliphatic carbocycles. The minimum absolute atomic E-state index is 0.0951. The number of benzene rings is 1. The summed E-state index contributed by atoms with van der Waals surface area (Å²) in [6, 6.07) is 5.67. The predicted octanol–water partition coefficient (Wildman–Crippen LogP) is 4.28. The predicted molar refractivity (Wildman–Crippen MR) is 73.7 cm³/mol. The molecule has 0 aliphatic rings. The van der Waals surface area contributed by atoms with Crippen molar-refractivity contribution in [2.75, 3.05) is 13.4 Å². The van der Waals surface area contributed by atoms with E-state index in [1.807, 2.05) is 0 Å². The van der Waals surface area contributed by atoms with Crippen LogP contribution in [0.2, 0.25) is 25.7 Å². The molecule has 5 heteroatoms. The second-order valence-corrected chi connectivity index (χ2v) is 11.6. The third-order valence-electron chi connectivity index (χ3n) is 2.19. The molecule has 0 aromatic heterocycles. The van der Waals surface area contributed by atoms with E-state index in [1.165, 1.54) is 6.07 Å². The quantitative estimate of drug-likeness (QED) is 0.442. The Morgan fingerprint density at radius 2 is 2.00 bits per heavy atom. The highest BCUT2D eigenvalue weighted by atomic mass is 79.9. The molecule has 1 aromatic carbocycles. The Bertz CT molecular complexity index is 366. The summed E-state index contributed by atoms with van der Waals surface area (Å²) >= 11 is 3.26. The zero-order chi connectivity index (χ0) is 12.9. The highest BCUT2D eigenvalue weighted by Gasteiger charge is 2.12. The van der Waals surface area contributed by atoms with Gasteiger partial charge in [0.15, 0.2) is 18.4 Å². The minimum atomic E-state index is -1.07. The molecule has 96 valence electrons. The molecule has 0 aliphatic heterocycles. The summed E-state index contributed by atoms with van der Waals surface area (Å²) in [5, 5.41) is 0. The summed E-state index contributed by atoms with van der Waals surface area (Å²) in [5.74, 6) is -0.158. The van der Waals surface area contributed by atoms with E-state index in [4.69, 9.17) is 9.47 Å². The third kappa shape index (κ3) is 6.19. The van der Waals surface area contributed by atoms with Gasteiger partial charge in [0.1, 0.15) is 0 Å². The first-order valence-electron chi connectivity index (χ1n) is 5.54. The van der Waals surface area contributed by atoms with Crippen molar-refractivity contribution in [3.05, 3.63) is 28.5 Å². The molecule has 1 aromatic rings. The lowest BCUT2D eigenvalue weighted by atomic mass is 10.3. The number of halogens is 2. The van der Waals surface area contributed by atoms with E-state index in [9.17, 15) is 4.39 Å². The molecule has 0 unspecified atom stereocenters. The van der Waals surface area contributed by atoms with Crippen LogP contribution in [0, 0.1) is 5.82 Å². The van der Waals surface area contributed by atoms with E-state index >= 15 is 0 Å². The molecule has 0 heterocycles. The second kappa shape index (κ2) is 6.52. The Morgan fingerprint density at radius 1 is 1.29 bits per heavy atom. The first-order valence-corrected chi connectivity index (χ1v) is 10.0. The normalized spacial score (nSPS) is 11.6. The summed E-state index contributed by atoms with van der Waals surface area (Å²) < 4.78 is 24.6. The van der Waals surface area contributed by atoms with E-state index in [2.05, 4.69) is 35.6 Å². The SMILES string of the molecule is C[Si](C)(C)CCOCOc1cc(Br)ccc1F. The molecule has 0 amide bonds. The van der Waals surface area contributed by atoms with Gasteiger partial charge in [0.05, 0.1) is 0 Å². The van der Waals surface area contributed by atoms with Crippen LogP contribution in [-0.2, 0) is 4.74 Å². The number of hydrogen-bond donors (Lipinski definition) is 0. The largest absolute Gasteiger partial charge is 0.464 e. The fraction of sp³-hybridized carbons (Fsp3) is 0.500. The van der Waals surface area contributed by atoms with Crippen molar-refractivity contribution in [1.82, 2.24) is 0 Å². The van der Waals surface area contributed by atoms with Crippen LogP contribution >= 0.6 is 15.9 Å². The third-order valence-corrected chi connectivity index (χ3v) is 4.38. The molecule has 0 saturated heterocycles. The van der Waals surface area contributed by atoms with Crippen molar-refractivity contribution in [2.45, 2.75) is 25.7 Å². The van der Waals surface area contributed by atoms with E-state index < -0.39 is 8.07 Å². The standard InChI is InChI=1S/C12H18BrFO2Si/c1-17(2,3)7-6-15-9-16-12-8-10(13)4-5-11(12)14/h4-5,8H,6-7,9H2,1-3H3. The zero-order valence-corrected chi connectivity index (χ0v) is 13.0. The van der Waals surface area contributed by atoms with Gasteiger partial charge < -0.3 is 9.47 Å². The van der Waals surface area contributed by atoms with Gasteiger partial charge in [-0.2, -0.15) is 0 Å². The molecule has 2 nitrogen and oxygen atoms in total. The lowest BCUT2D eigenvalue weighted by Crippen LogP contribution is -2.22. The highest BCUT2D eigenvalue weighted by molar-refractivity contribution is 9.10. The highest BCUT2D eigenvalue weighted by Crippen LogP contribution is 2.22. The maximum Gasteiger partial charge on any atom is 0.189 e. The maximum atomic E-state index is 13.3. The van der Waals surface area contributed by atoms with Gasteiger partial charge in [-0.3, -0.25) is 0 Å². The molecule has 0 fully saturated rings. The van der Waals surface area contributed by atoms with Gasteiger partial charge in [0.25, 0.3) is 0 Å². The molecule has 0 bridgehead atoms. The first-order chi connectivity index (χ1) is 7.88. The first kappa shape index (κ1) is 14.7. The molecule has 0 spiro atoms. The molecule has 0 N–H and O–H groups in total. The van der Waals surface area contributed by atoms with Crippen LogP contribution < -0.4 is 4.74 Å². The van der Waals surface area contributed by atoms with Crippen molar-refractivity contribution in [3.8, 4) is 5.75 Å². The van der Waals surface area contributed by atoms with Gasteiger partial charge >= 0.3 is 0 Å². The van der Waals surface area contributed by atoms with Crippen LogP contribution in [-0.4, -0.2) is 21.5 Å². The summed E-state index contributed by atoms with van der Waals surface area (Å²) in [4.78, 5) is 0. The smallest absolute Gasteiger partial charge is 0.189 e. The summed E-state index contributed by atoms with van der Waals surface area (Å²) in [7, 11) is -1.07. The van der Waals surface area contributed by atoms with E-state index in [-0.39, 0.29) is 18.4 Å². The Kier molecular flexibility index (Phi) is 5.62. The maximum absolute atomic E-state index is 13.3. The Labute approximate surface area is 111 Å². The lowest BCUT2D eigenvalue weighted by Gasteiger charge is -2.15. The summed E-state index contributed by atoms with van der Waals surface area (Å²) in [6.45, 7) is 7.62. The van der Waals surface area contributed by atoms with Crippen molar-refractivity contribution >= 4 is 24.0 Å². The molecule has 1 rings (SSSR count). The number of rotatable bonds is 6. The Balaban J connectivity index is 2.29. The van der Waals surface area contributed by atoms with Crippen molar-refractivity contribution in [1.29, 1.82) is 0 Å². The van der Waals surface area contributed by atoms with E-state index in [0.717, 1.165) is 10.5 Å². The monoisotopic (exact) mass is 320 g/mol. The van der Waals surface area contributed by atoms with Gasteiger partial charge in [0.2, 0.25) is 0 Å². The average Bonchev–Trinajstić information content (AvgIpc) is 2.21. The van der Waals surface area contributed by atoms with E-state index in [1.54, 1.807) is 12.1 Å². The van der Waals surface area contributed by atoms with Gasteiger partial charge in [0, 0.05) is 19.2 Å². The van der Waals surface area contributed by atoms with Crippen LogP contribution in [0.25, 0.3) is 0 Å². The fourth-order valence-electron chi connectivity index (χ4n) is 1.13. The number of hydrogen-bond acceptors (Lipinski definition) is 2. The van der Waals surface area contributed by atoms with Crippen molar-refractivity contribution in [3.63, 3.8) is 0 Å². The van der Waals surface area contributed by atoms with Crippen LogP contribution in [0.15, 0.2) is 22.7 Å². The van der Waals surface area contributed by atoms with Crippen LogP contribution in [0.5, 0.6) is 5.75 Å². The molecule has 0 atom stereocenters. The van der Waals surface area contributed by atoms with Gasteiger partial charge in [-0.15, -0.1) is 0 Å². The van der Waals surface area contributed by atoms with Gasteiger partial charge in [-0.25, -0.2) is 4.39 Å². The summed E-state index contributed by atoms with van der Waals surface area (Å²) in [6.07, 6.45) is 0. The van der Waals surface area contributed by atoms with Crippen molar-refractivity contribution < 1.29 is 13.9 Å². The molecule has 0 saturated carbocycles. The van der Waals surface area contributed by atoms with Gasteiger partial charge in [-0.1, -0.05) is 35.6 Å². The second-order valence-electron chi connectivity index (χ2n) is 5.06. The molecular weight excluding hydrogens is 303 g/mol. The minimum Gasteiger partial charge on any atom is -0.464 e. The van der Waals surface area contributed by atoms with Crippen molar-refractivity contribution in [2.24, 2.45) is 0 Å². The Morgan fingerprint density at radius 3 is 2.65 bits per heavy atom. The molecular formula is C12H18BrFO2Si. The topological polar surface area (TPSA) is 18.5 Å². The zero-order valence-electron chi connectivity index (χ0n) is 10.4. The fourth-order valence-corrected chi connectivity index (χ4v) is 2.23. The molecule has 17 heavy (non-hydrogen) atoms. The Hall–Kier alpha value is -0.393. The van der Waals surface area contributed by atoms with Crippen LogP contribution in [0.4, 0.5) is 4.39 Å². The lowest BCUT2D eigenvalue weighted by molar-refractivity contribution is 0.0197. The summed E-state index contributed by atoms with van der Waals surface area (Å²) in [5.41, 5.74) is 0. The molecule has 0 radical (unpaired) electrons. The van der Waals surface area contributed by atoms with Crippen LogP contribution in [0.3, 0.4) is 0 Å². The number of ether oxygens (including phenoxy) is 2.